The van der Waals surface area contributed by atoms with Gasteiger partial charge in [-0.05, 0) is 64.8 Å². The van der Waals surface area contributed by atoms with Crippen LogP contribution in [-0.4, -0.2) is 31.6 Å². The molecule has 2 nitrogen and oxygen atoms in total. The molecule has 0 amide bonds. The molecular formula is C17H29BrN2S. The van der Waals surface area contributed by atoms with Gasteiger partial charge in [-0.2, -0.15) is 0 Å². The zero-order chi connectivity index (χ0) is 15.1. The minimum atomic E-state index is 0.481. The normalized spacial score (nSPS) is 18.9. The quantitative estimate of drug-likeness (QED) is 0.685. The van der Waals surface area contributed by atoms with E-state index in [4.69, 9.17) is 0 Å². The molecule has 0 aromatic carbocycles. The SMILES string of the molecule is CCNCC1(CN(C)Cc2csc(Br)c2)CCCCCC1. The molecule has 0 saturated heterocycles. The molecule has 21 heavy (non-hydrogen) atoms. The number of nitrogens with zero attached hydrogens (tertiary/aromatic N) is 1. The third-order valence-corrected chi connectivity index (χ3v) is 6.15. The van der Waals surface area contributed by atoms with E-state index in [-0.39, 0.29) is 0 Å². The van der Waals surface area contributed by atoms with Gasteiger partial charge in [-0.3, -0.25) is 0 Å². The highest BCUT2D eigenvalue weighted by atomic mass is 79.9. The van der Waals surface area contributed by atoms with Gasteiger partial charge in [-0.15, -0.1) is 11.3 Å². The smallest absolute Gasteiger partial charge is 0.0701 e. The highest BCUT2D eigenvalue weighted by molar-refractivity contribution is 9.11. The summed E-state index contributed by atoms with van der Waals surface area (Å²) in [6.07, 6.45) is 8.44. The van der Waals surface area contributed by atoms with Gasteiger partial charge in [0.05, 0.1) is 3.79 Å². The van der Waals surface area contributed by atoms with Crippen LogP contribution in [0.5, 0.6) is 0 Å². The van der Waals surface area contributed by atoms with E-state index in [0.29, 0.717) is 5.41 Å². The van der Waals surface area contributed by atoms with E-state index in [1.165, 1.54) is 61.0 Å². The van der Waals surface area contributed by atoms with Crippen LogP contribution >= 0.6 is 27.3 Å². The second-order valence-electron chi connectivity index (χ2n) is 6.63. The van der Waals surface area contributed by atoms with Crippen LogP contribution in [0.15, 0.2) is 15.2 Å². The Morgan fingerprint density at radius 2 is 2.00 bits per heavy atom. The van der Waals surface area contributed by atoms with Crippen molar-refractivity contribution in [2.75, 3.05) is 26.7 Å². The topological polar surface area (TPSA) is 15.3 Å². The number of hydrogen-bond donors (Lipinski definition) is 1. The second kappa shape index (κ2) is 8.66. The second-order valence-corrected chi connectivity index (χ2v) is 8.92. The van der Waals surface area contributed by atoms with E-state index in [0.717, 1.165) is 13.1 Å². The highest BCUT2D eigenvalue weighted by Gasteiger charge is 2.31. The van der Waals surface area contributed by atoms with Gasteiger partial charge >= 0.3 is 0 Å². The molecule has 0 aliphatic heterocycles. The predicted molar refractivity (Wildman–Crippen MR) is 97.0 cm³/mol. The fourth-order valence-electron chi connectivity index (χ4n) is 3.63. The van der Waals surface area contributed by atoms with Crippen LogP contribution in [0, 0.1) is 5.41 Å². The van der Waals surface area contributed by atoms with Crippen LogP contribution in [0.3, 0.4) is 0 Å². The van der Waals surface area contributed by atoms with Crippen LogP contribution < -0.4 is 5.32 Å². The van der Waals surface area contributed by atoms with Crippen LogP contribution in [0.1, 0.15) is 51.0 Å². The van der Waals surface area contributed by atoms with Crippen LogP contribution in [0.4, 0.5) is 0 Å². The van der Waals surface area contributed by atoms with Crippen molar-refractivity contribution in [3.63, 3.8) is 0 Å². The first-order valence-corrected chi connectivity index (χ1v) is 9.93. The molecule has 1 aliphatic carbocycles. The van der Waals surface area contributed by atoms with E-state index >= 15 is 0 Å². The summed E-state index contributed by atoms with van der Waals surface area (Å²) in [7, 11) is 2.28. The van der Waals surface area contributed by atoms with E-state index in [1.54, 1.807) is 11.3 Å². The summed E-state index contributed by atoms with van der Waals surface area (Å²) in [6.45, 7) is 6.77. The Labute approximate surface area is 142 Å². The maximum absolute atomic E-state index is 3.63. The molecular weight excluding hydrogens is 344 g/mol. The lowest BCUT2D eigenvalue weighted by molar-refractivity contribution is 0.142. The van der Waals surface area contributed by atoms with Crippen molar-refractivity contribution in [1.82, 2.24) is 10.2 Å². The predicted octanol–water partition coefficient (Wildman–Crippen LogP) is 4.89. The summed E-state index contributed by atoms with van der Waals surface area (Å²) in [4.78, 5) is 2.52. The Kier molecular flexibility index (Phi) is 7.20. The summed E-state index contributed by atoms with van der Waals surface area (Å²) in [5, 5.41) is 5.90. The summed E-state index contributed by atoms with van der Waals surface area (Å²) in [5.41, 5.74) is 1.91. The zero-order valence-corrected chi connectivity index (χ0v) is 15.9. The minimum Gasteiger partial charge on any atom is -0.316 e. The lowest BCUT2D eigenvalue weighted by Gasteiger charge is -2.37. The molecule has 1 saturated carbocycles. The summed E-state index contributed by atoms with van der Waals surface area (Å²) < 4.78 is 1.24. The first-order chi connectivity index (χ1) is 10.1. The number of nitrogens with one attached hydrogen (secondary N) is 1. The third-order valence-electron chi connectivity index (χ3n) is 4.59. The van der Waals surface area contributed by atoms with Crippen molar-refractivity contribution >= 4 is 27.3 Å². The van der Waals surface area contributed by atoms with E-state index in [1.807, 2.05) is 0 Å². The maximum atomic E-state index is 3.63. The Morgan fingerprint density at radius 3 is 2.57 bits per heavy atom. The van der Waals surface area contributed by atoms with Crippen molar-refractivity contribution in [2.24, 2.45) is 5.41 Å². The number of halogens is 1. The largest absolute Gasteiger partial charge is 0.316 e. The molecule has 0 spiro atoms. The summed E-state index contributed by atoms with van der Waals surface area (Å²) in [5.74, 6) is 0. The Hall–Kier alpha value is 0.100. The third kappa shape index (κ3) is 5.66. The zero-order valence-electron chi connectivity index (χ0n) is 13.5. The van der Waals surface area contributed by atoms with E-state index in [2.05, 4.69) is 51.6 Å². The lowest BCUT2D eigenvalue weighted by Crippen LogP contribution is -2.42. The first kappa shape index (κ1) is 17.5. The fraction of sp³-hybridized carbons (Fsp3) is 0.765. The van der Waals surface area contributed by atoms with Crippen molar-refractivity contribution in [2.45, 2.75) is 52.0 Å². The first-order valence-electron chi connectivity index (χ1n) is 8.26. The van der Waals surface area contributed by atoms with Gasteiger partial charge in [0.1, 0.15) is 0 Å². The molecule has 1 N–H and O–H groups in total. The molecule has 4 heteroatoms. The molecule has 120 valence electrons. The van der Waals surface area contributed by atoms with Crippen LogP contribution in [0.2, 0.25) is 0 Å². The highest BCUT2D eigenvalue weighted by Crippen LogP contribution is 2.35. The van der Waals surface area contributed by atoms with Gasteiger partial charge in [-0.1, -0.05) is 32.6 Å². The number of hydrogen-bond acceptors (Lipinski definition) is 3. The number of rotatable bonds is 7. The molecule has 0 atom stereocenters. The molecule has 1 aromatic heterocycles. The Morgan fingerprint density at radius 1 is 1.29 bits per heavy atom. The van der Waals surface area contributed by atoms with E-state index < -0.39 is 0 Å². The van der Waals surface area contributed by atoms with Gasteiger partial charge in [0.25, 0.3) is 0 Å². The van der Waals surface area contributed by atoms with Gasteiger partial charge in [0.2, 0.25) is 0 Å². The summed E-state index contributed by atoms with van der Waals surface area (Å²) >= 11 is 5.35. The molecule has 0 unspecified atom stereocenters. The standard InChI is InChI=1S/C17H29BrN2S/c1-3-19-13-17(8-6-4-5-7-9-17)14-20(2)11-15-10-16(18)21-12-15/h10,12,19H,3-9,11,13-14H2,1-2H3. The molecule has 2 rings (SSSR count). The van der Waals surface area contributed by atoms with Gasteiger partial charge in [0.15, 0.2) is 0 Å². The van der Waals surface area contributed by atoms with E-state index in [9.17, 15) is 0 Å². The Balaban J connectivity index is 1.95. The lowest BCUT2D eigenvalue weighted by atomic mass is 9.79. The van der Waals surface area contributed by atoms with Crippen molar-refractivity contribution in [3.8, 4) is 0 Å². The fourth-order valence-corrected chi connectivity index (χ4v) is 4.83. The molecule has 1 heterocycles. The average Bonchev–Trinajstić information content (AvgIpc) is 2.72. The summed E-state index contributed by atoms with van der Waals surface area (Å²) in [6, 6.07) is 2.26. The van der Waals surface area contributed by atoms with Gasteiger partial charge in [-0.25, -0.2) is 0 Å². The van der Waals surface area contributed by atoms with Crippen molar-refractivity contribution in [3.05, 3.63) is 20.8 Å². The monoisotopic (exact) mass is 372 g/mol. The minimum absolute atomic E-state index is 0.481. The molecule has 1 aliphatic rings. The average molecular weight is 373 g/mol. The van der Waals surface area contributed by atoms with Crippen LogP contribution in [0.25, 0.3) is 0 Å². The van der Waals surface area contributed by atoms with Gasteiger partial charge in [0, 0.05) is 19.6 Å². The van der Waals surface area contributed by atoms with Gasteiger partial charge < -0.3 is 10.2 Å². The number of thiophene rings is 1. The molecule has 1 aromatic rings. The Bertz CT molecular complexity index is 411. The maximum Gasteiger partial charge on any atom is 0.0701 e. The molecule has 0 bridgehead atoms. The molecule has 0 radical (unpaired) electrons. The van der Waals surface area contributed by atoms with Crippen molar-refractivity contribution in [1.29, 1.82) is 0 Å². The van der Waals surface area contributed by atoms with Crippen molar-refractivity contribution < 1.29 is 0 Å². The van der Waals surface area contributed by atoms with Crippen LogP contribution in [-0.2, 0) is 6.54 Å². The molecule has 1 fully saturated rings.